The summed E-state index contributed by atoms with van der Waals surface area (Å²) in [6.45, 7) is 3.58. The van der Waals surface area contributed by atoms with Crippen LogP contribution in [0.4, 0.5) is 0 Å². The van der Waals surface area contributed by atoms with Gasteiger partial charge in [-0.25, -0.2) is 5.11 Å². The molecule has 0 saturated heterocycles. The molecule has 0 saturated carbocycles. The summed E-state index contributed by atoms with van der Waals surface area (Å²) in [6, 6.07) is 5.68. The smallest absolute Gasteiger partial charge is 0.109 e. The fourth-order valence-electron chi connectivity index (χ4n) is 0.765. The maximum absolute atomic E-state index is 10.5. The first-order chi connectivity index (χ1) is 4.75. The van der Waals surface area contributed by atoms with Crippen molar-refractivity contribution < 1.29 is 5.11 Å². The van der Waals surface area contributed by atoms with Gasteiger partial charge in [-0.3, -0.25) is 0 Å². The Labute approximate surface area is 74.2 Å². The molecule has 0 N–H and O–H groups in total. The predicted octanol–water partition coefficient (Wildman–Crippen LogP) is 2.40. The molecule has 0 atom stereocenters. The zero-order chi connectivity index (χ0) is 7.56. The van der Waals surface area contributed by atoms with E-state index in [1.165, 1.54) is 0 Å². The van der Waals surface area contributed by atoms with Crippen molar-refractivity contribution in [3.63, 3.8) is 0 Å². The second-order valence-corrected chi connectivity index (χ2v) is 3.18. The highest BCUT2D eigenvalue weighted by atomic mass is 127. The lowest BCUT2D eigenvalue weighted by Gasteiger charge is -2.01. The molecule has 0 amide bonds. The summed E-state index contributed by atoms with van der Waals surface area (Å²) < 4.78 is 1.01. The second kappa shape index (κ2) is 3.34. The van der Waals surface area contributed by atoms with Gasteiger partial charge in [0.25, 0.3) is 0 Å². The Morgan fingerprint density at radius 1 is 1.50 bits per heavy atom. The first kappa shape index (κ1) is 8.01. The Morgan fingerprint density at radius 2 is 2.20 bits per heavy atom. The average molecular weight is 246 g/mol. The van der Waals surface area contributed by atoms with Crippen LogP contribution in [0.2, 0.25) is 0 Å². The van der Waals surface area contributed by atoms with Crippen LogP contribution < -0.4 is 0 Å². The lowest BCUT2D eigenvalue weighted by Crippen LogP contribution is -1.90. The van der Waals surface area contributed by atoms with E-state index in [1.807, 2.05) is 18.2 Å². The van der Waals surface area contributed by atoms with E-state index < -0.39 is 0 Å². The van der Waals surface area contributed by atoms with Crippen LogP contribution in [0.1, 0.15) is 11.1 Å². The average Bonchev–Trinajstić information content (AvgIpc) is 1.88. The Morgan fingerprint density at radius 3 is 2.60 bits per heavy atom. The molecule has 10 heavy (non-hydrogen) atoms. The third-order valence-corrected chi connectivity index (χ3v) is 2.37. The summed E-state index contributed by atoms with van der Waals surface area (Å²) in [5.74, 6) is 0. The summed E-state index contributed by atoms with van der Waals surface area (Å²) in [7, 11) is 0. The number of hydrogen-bond acceptors (Lipinski definition) is 0. The Balaban J connectivity index is 3.17. The quantitative estimate of drug-likeness (QED) is 0.678. The van der Waals surface area contributed by atoms with Gasteiger partial charge in [0, 0.05) is 3.57 Å². The minimum atomic E-state index is -0.169. The highest BCUT2D eigenvalue weighted by Gasteiger charge is 2.00. The molecule has 1 aromatic carbocycles. The van der Waals surface area contributed by atoms with Gasteiger partial charge in [0.2, 0.25) is 0 Å². The lowest BCUT2D eigenvalue weighted by molar-refractivity contribution is 0.176. The SMILES string of the molecule is [CH2]c1cccc(I)c1C[O]. The van der Waals surface area contributed by atoms with Gasteiger partial charge in [-0.15, -0.1) is 0 Å². The fraction of sp³-hybridized carbons (Fsp3) is 0.125. The standard InChI is InChI=1S/C8H7IO/c1-6-3-2-4-8(9)7(6)5-10/h2-4H,1,5H2. The van der Waals surface area contributed by atoms with E-state index in [9.17, 15) is 5.11 Å². The van der Waals surface area contributed by atoms with Gasteiger partial charge >= 0.3 is 0 Å². The molecule has 2 radical (unpaired) electrons. The van der Waals surface area contributed by atoms with Gasteiger partial charge in [0.15, 0.2) is 0 Å². The van der Waals surface area contributed by atoms with Crippen molar-refractivity contribution in [1.29, 1.82) is 0 Å². The van der Waals surface area contributed by atoms with Crippen LogP contribution in [0, 0.1) is 10.5 Å². The first-order valence-corrected chi connectivity index (χ1v) is 4.01. The summed E-state index contributed by atoms with van der Waals surface area (Å²) in [5.41, 5.74) is 1.67. The van der Waals surface area contributed by atoms with Crippen molar-refractivity contribution in [2.24, 2.45) is 0 Å². The third-order valence-electron chi connectivity index (χ3n) is 1.36. The van der Waals surface area contributed by atoms with Crippen molar-refractivity contribution >= 4 is 22.6 Å². The number of benzene rings is 1. The molecule has 0 aliphatic carbocycles. The van der Waals surface area contributed by atoms with E-state index in [4.69, 9.17) is 0 Å². The van der Waals surface area contributed by atoms with E-state index in [0.29, 0.717) is 0 Å². The van der Waals surface area contributed by atoms with Gasteiger partial charge < -0.3 is 0 Å². The summed E-state index contributed by atoms with van der Waals surface area (Å²) >= 11 is 2.15. The predicted molar refractivity (Wildman–Crippen MR) is 48.0 cm³/mol. The zero-order valence-corrected chi connectivity index (χ0v) is 7.59. The van der Waals surface area contributed by atoms with Crippen LogP contribution in [0.15, 0.2) is 18.2 Å². The minimum absolute atomic E-state index is 0.169. The van der Waals surface area contributed by atoms with Gasteiger partial charge in [-0.1, -0.05) is 12.1 Å². The van der Waals surface area contributed by atoms with Crippen LogP contribution in [-0.2, 0) is 11.7 Å². The van der Waals surface area contributed by atoms with E-state index in [1.54, 1.807) is 0 Å². The van der Waals surface area contributed by atoms with Gasteiger partial charge in [0.05, 0.1) is 0 Å². The zero-order valence-electron chi connectivity index (χ0n) is 5.43. The minimum Gasteiger partial charge on any atom is -0.232 e. The summed E-state index contributed by atoms with van der Waals surface area (Å²) in [5, 5.41) is 10.5. The maximum atomic E-state index is 10.5. The van der Waals surface area contributed by atoms with Gasteiger partial charge in [-0.2, -0.15) is 0 Å². The van der Waals surface area contributed by atoms with Crippen molar-refractivity contribution in [3.8, 4) is 0 Å². The molecular weight excluding hydrogens is 239 g/mol. The molecule has 1 aromatic rings. The summed E-state index contributed by atoms with van der Waals surface area (Å²) in [6.07, 6.45) is 0. The van der Waals surface area contributed by atoms with Crippen LogP contribution >= 0.6 is 22.6 Å². The van der Waals surface area contributed by atoms with Crippen LogP contribution in [0.3, 0.4) is 0 Å². The maximum Gasteiger partial charge on any atom is 0.109 e. The van der Waals surface area contributed by atoms with E-state index in [0.717, 1.165) is 14.7 Å². The molecule has 0 fully saturated rings. The Hall–Kier alpha value is -0.0900. The van der Waals surface area contributed by atoms with Crippen LogP contribution in [0.5, 0.6) is 0 Å². The molecule has 1 rings (SSSR count). The highest BCUT2D eigenvalue weighted by molar-refractivity contribution is 14.1. The van der Waals surface area contributed by atoms with E-state index in [-0.39, 0.29) is 6.61 Å². The fourth-order valence-corrected chi connectivity index (χ4v) is 1.47. The molecule has 2 heteroatoms. The largest absolute Gasteiger partial charge is 0.232 e. The highest BCUT2D eigenvalue weighted by Crippen LogP contribution is 2.15. The molecule has 0 aliphatic heterocycles. The van der Waals surface area contributed by atoms with Crippen molar-refractivity contribution in [2.75, 3.05) is 0 Å². The molecular formula is C8H7IO. The number of halogens is 1. The van der Waals surface area contributed by atoms with Gasteiger partial charge in [0.1, 0.15) is 6.61 Å². The van der Waals surface area contributed by atoms with Crippen molar-refractivity contribution in [2.45, 2.75) is 6.61 Å². The summed E-state index contributed by atoms with van der Waals surface area (Å²) in [4.78, 5) is 0. The first-order valence-electron chi connectivity index (χ1n) is 2.93. The third kappa shape index (κ3) is 1.49. The molecule has 0 heterocycles. The van der Waals surface area contributed by atoms with Gasteiger partial charge in [-0.05, 0) is 46.7 Å². The lowest BCUT2D eigenvalue weighted by atomic mass is 10.1. The Kier molecular flexibility index (Phi) is 2.68. The van der Waals surface area contributed by atoms with Crippen LogP contribution in [-0.4, -0.2) is 0 Å². The van der Waals surface area contributed by atoms with Crippen molar-refractivity contribution in [3.05, 3.63) is 39.8 Å². The molecule has 1 nitrogen and oxygen atoms in total. The molecule has 0 spiro atoms. The molecule has 0 bridgehead atoms. The normalized spacial score (nSPS) is 9.90. The molecule has 52 valence electrons. The number of rotatable bonds is 1. The molecule has 0 unspecified atom stereocenters. The number of hydrogen-bond donors (Lipinski definition) is 0. The molecule has 0 aromatic heterocycles. The van der Waals surface area contributed by atoms with Crippen LogP contribution in [0.25, 0.3) is 0 Å². The monoisotopic (exact) mass is 246 g/mol. The Bertz CT molecular complexity index is 212. The second-order valence-electron chi connectivity index (χ2n) is 2.02. The topological polar surface area (TPSA) is 19.9 Å². The molecule has 0 aliphatic rings. The van der Waals surface area contributed by atoms with E-state index >= 15 is 0 Å². The van der Waals surface area contributed by atoms with E-state index in [2.05, 4.69) is 29.5 Å². The van der Waals surface area contributed by atoms with Crippen molar-refractivity contribution in [1.82, 2.24) is 0 Å².